The molecule has 0 aliphatic heterocycles. The number of benzene rings is 1. The second-order valence-electron chi connectivity index (χ2n) is 10.3. The molecular weight excluding hydrogens is 416 g/mol. The van der Waals surface area contributed by atoms with Crippen LogP contribution >= 0.6 is 12.2 Å². The maximum atomic E-state index is 5.60. The van der Waals surface area contributed by atoms with Crippen LogP contribution in [-0.2, 0) is 0 Å². The molecule has 0 spiro atoms. The lowest BCUT2D eigenvalue weighted by Gasteiger charge is -2.30. The highest BCUT2D eigenvalue weighted by Gasteiger charge is 2.39. The zero-order valence-electron chi connectivity index (χ0n) is 19.3. The highest BCUT2D eigenvalue weighted by molar-refractivity contribution is 7.80. The first kappa shape index (κ1) is 21.7. The Labute approximate surface area is 197 Å². The van der Waals surface area contributed by atoms with E-state index in [4.69, 9.17) is 22.2 Å². The summed E-state index contributed by atoms with van der Waals surface area (Å²) >= 11 is 5.60. The lowest BCUT2D eigenvalue weighted by molar-refractivity contribution is 0.334. The van der Waals surface area contributed by atoms with Crippen molar-refractivity contribution in [3.63, 3.8) is 0 Å². The number of anilines is 2. The maximum Gasteiger partial charge on any atom is 0.225 e. The summed E-state index contributed by atoms with van der Waals surface area (Å²) in [5.41, 5.74) is 0.989. The second kappa shape index (κ2) is 9.38. The Balaban J connectivity index is 1.09. The van der Waals surface area contributed by atoms with E-state index in [1.54, 1.807) is 0 Å². The summed E-state index contributed by atoms with van der Waals surface area (Å²) in [5.74, 6) is 4.19. The lowest BCUT2D eigenvalue weighted by atomic mass is 9.86. The van der Waals surface area contributed by atoms with Gasteiger partial charge in [-0.25, -0.2) is 4.98 Å². The van der Waals surface area contributed by atoms with E-state index in [1.807, 2.05) is 26.2 Å². The van der Waals surface area contributed by atoms with E-state index >= 15 is 0 Å². The van der Waals surface area contributed by atoms with Crippen molar-refractivity contribution >= 4 is 40.0 Å². The van der Waals surface area contributed by atoms with Gasteiger partial charge in [-0.2, -0.15) is 4.98 Å². The molecule has 3 saturated carbocycles. The Morgan fingerprint density at radius 2 is 1.84 bits per heavy atom. The first-order chi connectivity index (χ1) is 15.5. The van der Waals surface area contributed by atoms with Crippen LogP contribution in [0.5, 0.6) is 0 Å². The van der Waals surface area contributed by atoms with E-state index in [0.717, 1.165) is 59.0 Å². The van der Waals surface area contributed by atoms with Gasteiger partial charge in [-0.05, 0) is 87.1 Å². The minimum atomic E-state index is 0.432. The van der Waals surface area contributed by atoms with Crippen molar-refractivity contribution in [2.45, 2.75) is 63.5 Å². The van der Waals surface area contributed by atoms with E-state index in [2.05, 4.69) is 33.0 Å². The molecule has 1 aromatic carbocycles. The van der Waals surface area contributed by atoms with Crippen molar-refractivity contribution in [2.75, 3.05) is 30.9 Å². The van der Waals surface area contributed by atoms with Crippen LogP contribution in [0.25, 0.3) is 10.9 Å². The van der Waals surface area contributed by atoms with Crippen molar-refractivity contribution in [1.82, 2.24) is 20.6 Å². The predicted molar refractivity (Wildman–Crippen MR) is 136 cm³/mol. The van der Waals surface area contributed by atoms with E-state index in [1.165, 1.54) is 38.5 Å². The summed E-state index contributed by atoms with van der Waals surface area (Å²) in [6, 6.07) is 9.27. The molecule has 2 aromatic rings. The maximum absolute atomic E-state index is 5.60. The van der Waals surface area contributed by atoms with Gasteiger partial charge in [-0.1, -0.05) is 18.6 Å². The Bertz CT molecular complexity index is 955. The number of rotatable bonds is 6. The van der Waals surface area contributed by atoms with Crippen LogP contribution in [0.4, 0.5) is 11.8 Å². The molecule has 7 heteroatoms. The number of para-hydroxylation sites is 1. The molecule has 1 heterocycles. The molecule has 32 heavy (non-hydrogen) atoms. The molecule has 0 radical (unpaired) electrons. The highest BCUT2D eigenvalue weighted by Crippen LogP contribution is 2.44. The molecule has 3 N–H and O–H groups in total. The third-order valence-corrected chi connectivity index (χ3v) is 8.05. The Morgan fingerprint density at radius 3 is 2.56 bits per heavy atom. The van der Waals surface area contributed by atoms with E-state index in [0.29, 0.717) is 18.0 Å². The summed E-state index contributed by atoms with van der Waals surface area (Å²) in [6.45, 7) is 0.983. The van der Waals surface area contributed by atoms with Crippen molar-refractivity contribution in [2.24, 2.45) is 17.8 Å². The molecule has 6 nitrogen and oxygen atoms in total. The molecule has 5 rings (SSSR count). The fraction of sp³-hybridized carbons (Fsp3) is 0.640. The predicted octanol–water partition coefficient (Wildman–Crippen LogP) is 4.32. The number of nitrogens with zero attached hydrogens (tertiary/aromatic N) is 3. The van der Waals surface area contributed by atoms with E-state index in [-0.39, 0.29) is 0 Å². The quantitative estimate of drug-likeness (QED) is 0.564. The Kier molecular flexibility index (Phi) is 6.35. The average molecular weight is 453 g/mol. The van der Waals surface area contributed by atoms with Crippen molar-refractivity contribution in [1.29, 1.82) is 0 Å². The molecule has 2 bridgehead atoms. The normalized spacial score (nSPS) is 29.1. The minimum Gasteiger partial charge on any atom is -0.362 e. The molecule has 172 valence electrons. The van der Waals surface area contributed by atoms with Gasteiger partial charge >= 0.3 is 0 Å². The van der Waals surface area contributed by atoms with Crippen LogP contribution in [0.1, 0.15) is 51.4 Å². The van der Waals surface area contributed by atoms with Gasteiger partial charge in [-0.15, -0.1) is 0 Å². The van der Waals surface area contributed by atoms with Gasteiger partial charge in [0.25, 0.3) is 0 Å². The van der Waals surface area contributed by atoms with Crippen LogP contribution in [-0.4, -0.2) is 47.8 Å². The number of aromatic nitrogens is 2. The molecule has 0 amide bonds. The fourth-order valence-corrected chi connectivity index (χ4v) is 6.27. The topological polar surface area (TPSA) is 65.1 Å². The summed E-state index contributed by atoms with van der Waals surface area (Å²) in [6.07, 6.45) is 10.2. The van der Waals surface area contributed by atoms with Gasteiger partial charge in [0.15, 0.2) is 5.11 Å². The molecule has 0 saturated heterocycles. The molecule has 3 aliphatic rings. The zero-order valence-corrected chi connectivity index (χ0v) is 20.1. The van der Waals surface area contributed by atoms with Gasteiger partial charge in [-0.3, -0.25) is 0 Å². The SMILES string of the molecule is CN(C)c1nc(NC2CCC(CNC(=S)NC3CC4CCC3C4)CC2)nc2ccccc12. The standard InChI is InChI=1S/C25H36N6S/c1-31(2)23-20-5-3-4-6-21(20)28-24(30-23)27-19-11-8-16(9-12-19)15-26-25(32)29-22-14-17-7-10-18(22)13-17/h3-6,16-19,22H,7-15H2,1-2H3,(H2,26,29,32)(H,27,28,30). The Morgan fingerprint density at radius 1 is 1.03 bits per heavy atom. The molecule has 3 aliphatic carbocycles. The van der Waals surface area contributed by atoms with Crippen molar-refractivity contribution < 1.29 is 0 Å². The summed E-state index contributed by atoms with van der Waals surface area (Å²) in [4.78, 5) is 11.6. The number of hydrogen-bond donors (Lipinski definition) is 3. The van der Waals surface area contributed by atoms with E-state index < -0.39 is 0 Å². The number of nitrogens with one attached hydrogen (secondary N) is 3. The molecule has 3 fully saturated rings. The summed E-state index contributed by atoms with van der Waals surface area (Å²) in [7, 11) is 4.07. The van der Waals surface area contributed by atoms with E-state index in [9.17, 15) is 0 Å². The van der Waals surface area contributed by atoms with Gasteiger partial charge < -0.3 is 20.9 Å². The molecular formula is C25H36N6S. The molecule has 3 unspecified atom stereocenters. The van der Waals surface area contributed by atoms with Crippen LogP contribution in [0.15, 0.2) is 24.3 Å². The zero-order chi connectivity index (χ0) is 22.1. The molecule has 3 atom stereocenters. The monoisotopic (exact) mass is 452 g/mol. The largest absolute Gasteiger partial charge is 0.362 e. The third kappa shape index (κ3) is 4.77. The third-order valence-electron chi connectivity index (χ3n) is 7.79. The van der Waals surface area contributed by atoms with Crippen LogP contribution < -0.4 is 20.9 Å². The van der Waals surface area contributed by atoms with Gasteiger partial charge in [0.2, 0.25) is 5.95 Å². The summed E-state index contributed by atoms with van der Waals surface area (Å²) in [5, 5.41) is 12.7. The first-order valence-electron chi connectivity index (χ1n) is 12.3. The van der Waals surface area contributed by atoms with Crippen molar-refractivity contribution in [3.05, 3.63) is 24.3 Å². The van der Waals surface area contributed by atoms with Crippen LogP contribution in [0.3, 0.4) is 0 Å². The van der Waals surface area contributed by atoms with Gasteiger partial charge in [0.05, 0.1) is 5.52 Å². The first-order valence-corrected chi connectivity index (χ1v) is 12.7. The summed E-state index contributed by atoms with van der Waals surface area (Å²) < 4.78 is 0. The lowest BCUT2D eigenvalue weighted by Crippen LogP contribution is -2.45. The molecule has 1 aromatic heterocycles. The van der Waals surface area contributed by atoms with Gasteiger partial charge in [0.1, 0.15) is 5.82 Å². The minimum absolute atomic E-state index is 0.432. The van der Waals surface area contributed by atoms with Crippen LogP contribution in [0.2, 0.25) is 0 Å². The van der Waals surface area contributed by atoms with Crippen LogP contribution in [0, 0.1) is 17.8 Å². The fourth-order valence-electron chi connectivity index (χ4n) is 6.04. The number of thiocarbonyl (C=S) groups is 1. The average Bonchev–Trinajstić information content (AvgIpc) is 3.41. The second-order valence-corrected chi connectivity index (χ2v) is 10.7. The smallest absolute Gasteiger partial charge is 0.225 e. The number of fused-ring (bicyclic) bond motifs is 3. The van der Waals surface area contributed by atoms with Gasteiger partial charge in [0, 0.05) is 38.1 Å². The van der Waals surface area contributed by atoms with Crippen molar-refractivity contribution in [3.8, 4) is 0 Å². The number of hydrogen-bond acceptors (Lipinski definition) is 5. The highest BCUT2D eigenvalue weighted by atomic mass is 32.1. The Hall–Kier alpha value is -2.15.